The Kier molecular flexibility index (Phi) is 4.59. The average Bonchev–Trinajstić information content (AvgIpc) is 2.68. The molecule has 15 heavy (non-hydrogen) atoms. The molecule has 8 nitrogen and oxygen atoms in total. The normalized spacial score (nSPS) is 11.8. The van der Waals surface area contributed by atoms with Crippen molar-refractivity contribution >= 4 is 10.0 Å². The number of ether oxygens (including phenoxy) is 1. The molecule has 0 saturated heterocycles. The number of methoxy groups -OCH3 is 1. The number of nitrogens with zero attached hydrogens (tertiary/aromatic N) is 3. The zero-order valence-electron chi connectivity index (χ0n) is 8.30. The molecule has 0 aliphatic carbocycles. The number of aromatic amines is 1. The van der Waals surface area contributed by atoms with Gasteiger partial charge in [-0.15, -0.1) is 10.2 Å². The van der Waals surface area contributed by atoms with Crippen molar-refractivity contribution in [2.75, 3.05) is 19.5 Å². The minimum Gasteiger partial charge on any atom is -0.385 e. The van der Waals surface area contributed by atoms with Crippen LogP contribution in [0.2, 0.25) is 0 Å². The van der Waals surface area contributed by atoms with Crippen LogP contribution in [0.15, 0.2) is 0 Å². The number of aromatic nitrogens is 4. The van der Waals surface area contributed by atoms with Crippen LogP contribution in [0.5, 0.6) is 0 Å². The first kappa shape index (κ1) is 12.0. The van der Waals surface area contributed by atoms with Gasteiger partial charge in [0, 0.05) is 13.7 Å². The van der Waals surface area contributed by atoms with Crippen LogP contribution in [-0.2, 0) is 21.3 Å². The molecule has 1 aromatic rings. The summed E-state index contributed by atoms with van der Waals surface area (Å²) in [5.74, 6) is 0.337. The van der Waals surface area contributed by atoms with Crippen LogP contribution in [0.4, 0.5) is 0 Å². The smallest absolute Gasteiger partial charge is 0.212 e. The van der Waals surface area contributed by atoms with E-state index in [0.717, 1.165) is 0 Å². The third-order valence-electron chi connectivity index (χ3n) is 1.60. The fourth-order valence-electron chi connectivity index (χ4n) is 0.897. The Balaban J connectivity index is 2.30. The molecule has 0 atom stereocenters. The summed E-state index contributed by atoms with van der Waals surface area (Å²) >= 11 is 0. The standard InChI is InChI=1S/C6H13N5O3S/c1-14-3-2-4-15(12,13)7-5-6-8-10-11-9-6/h7H,2-5H2,1H3,(H,8,9,10,11). The van der Waals surface area contributed by atoms with Gasteiger partial charge in [-0.1, -0.05) is 5.21 Å². The number of rotatable bonds is 7. The van der Waals surface area contributed by atoms with Crippen molar-refractivity contribution < 1.29 is 13.2 Å². The van der Waals surface area contributed by atoms with E-state index in [-0.39, 0.29) is 12.3 Å². The van der Waals surface area contributed by atoms with Crippen molar-refractivity contribution in [2.24, 2.45) is 0 Å². The quantitative estimate of drug-likeness (QED) is 0.566. The van der Waals surface area contributed by atoms with Crippen LogP contribution in [0.25, 0.3) is 0 Å². The van der Waals surface area contributed by atoms with Gasteiger partial charge < -0.3 is 4.74 Å². The maximum atomic E-state index is 11.3. The van der Waals surface area contributed by atoms with E-state index < -0.39 is 10.0 Å². The van der Waals surface area contributed by atoms with Gasteiger partial charge in [0.15, 0.2) is 5.82 Å². The molecule has 1 aromatic heterocycles. The van der Waals surface area contributed by atoms with Crippen LogP contribution in [0, 0.1) is 0 Å². The molecular weight excluding hydrogens is 222 g/mol. The summed E-state index contributed by atoms with van der Waals surface area (Å²) in [7, 11) is -1.75. The Morgan fingerprint density at radius 3 is 2.93 bits per heavy atom. The topological polar surface area (TPSA) is 110 Å². The zero-order valence-corrected chi connectivity index (χ0v) is 9.12. The maximum Gasteiger partial charge on any atom is 0.212 e. The summed E-state index contributed by atoms with van der Waals surface area (Å²) in [4.78, 5) is 0. The second-order valence-electron chi connectivity index (χ2n) is 2.81. The molecule has 0 spiro atoms. The first-order valence-corrected chi connectivity index (χ1v) is 5.98. The van der Waals surface area contributed by atoms with E-state index in [1.807, 2.05) is 0 Å². The molecule has 1 heterocycles. The Morgan fingerprint density at radius 1 is 1.53 bits per heavy atom. The van der Waals surface area contributed by atoms with E-state index in [1.165, 1.54) is 7.11 Å². The molecule has 9 heteroatoms. The molecule has 0 aromatic carbocycles. The molecule has 1 rings (SSSR count). The molecule has 0 aliphatic rings. The van der Waals surface area contributed by atoms with Crippen molar-refractivity contribution in [3.8, 4) is 0 Å². The van der Waals surface area contributed by atoms with Crippen LogP contribution in [0.3, 0.4) is 0 Å². The molecule has 0 amide bonds. The van der Waals surface area contributed by atoms with Gasteiger partial charge in [-0.25, -0.2) is 13.1 Å². The highest BCUT2D eigenvalue weighted by molar-refractivity contribution is 7.89. The van der Waals surface area contributed by atoms with Crippen molar-refractivity contribution in [3.63, 3.8) is 0 Å². The molecule has 0 bridgehead atoms. The maximum absolute atomic E-state index is 11.3. The van der Waals surface area contributed by atoms with Crippen molar-refractivity contribution in [3.05, 3.63) is 5.82 Å². The summed E-state index contributed by atoms with van der Waals surface area (Å²) in [5.41, 5.74) is 0. The van der Waals surface area contributed by atoms with E-state index in [4.69, 9.17) is 4.74 Å². The van der Waals surface area contributed by atoms with Gasteiger partial charge in [-0.2, -0.15) is 5.21 Å². The lowest BCUT2D eigenvalue weighted by Crippen LogP contribution is -2.27. The Morgan fingerprint density at radius 2 is 2.33 bits per heavy atom. The Bertz CT molecular complexity index is 362. The van der Waals surface area contributed by atoms with Crippen LogP contribution < -0.4 is 4.72 Å². The predicted molar refractivity (Wildman–Crippen MR) is 51.3 cm³/mol. The van der Waals surface area contributed by atoms with E-state index in [9.17, 15) is 8.42 Å². The lowest BCUT2D eigenvalue weighted by molar-refractivity contribution is 0.199. The first-order valence-electron chi connectivity index (χ1n) is 4.32. The van der Waals surface area contributed by atoms with E-state index in [2.05, 4.69) is 25.3 Å². The van der Waals surface area contributed by atoms with Gasteiger partial charge in [0.1, 0.15) is 0 Å². The number of hydrogen-bond acceptors (Lipinski definition) is 6. The van der Waals surface area contributed by atoms with E-state index in [1.54, 1.807) is 0 Å². The lowest BCUT2D eigenvalue weighted by Gasteiger charge is -2.03. The number of tetrazole rings is 1. The number of nitrogens with one attached hydrogen (secondary N) is 2. The molecule has 0 unspecified atom stereocenters. The number of H-pyrrole nitrogens is 1. The van der Waals surface area contributed by atoms with Gasteiger partial charge in [0.2, 0.25) is 10.0 Å². The largest absolute Gasteiger partial charge is 0.385 e. The fourth-order valence-corrected chi connectivity index (χ4v) is 1.89. The van der Waals surface area contributed by atoms with Gasteiger partial charge in [0.05, 0.1) is 12.3 Å². The highest BCUT2D eigenvalue weighted by Crippen LogP contribution is 1.92. The fraction of sp³-hybridized carbons (Fsp3) is 0.833. The van der Waals surface area contributed by atoms with Crippen LogP contribution in [0.1, 0.15) is 12.2 Å². The van der Waals surface area contributed by atoms with Crippen LogP contribution in [-0.4, -0.2) is 48.5 Å². The molecule has 0 fully saturated rings. The minimum absolute atomic E-state index is 0.0265. The number of sulfonamides is 1. The van der Waals surface area contributed by atoms with E-state index in [0.29, 0.717) is 18.9 Å². The highest BCUT2D eigenvalue weighted by atomic mass is 32.2. The third-order valence-corrected chi connectivity index (χ3v) is 3.01. The molecule has 0 aliphatic heterocycles. The summed E-state index contributed by atoms with van der Waals surface area (Å²) in [6, 6.07) is 0. The summed E-state index contributed by atoms with van der Waals surface area (Å²) < 4.78 is 29.8. The van der Waals surface area contributed by atoms with Gasteiger partial charge in [-0.05, 0) is 6.42 Å². The average molecular weight is 235 g/mol. The van der Waals surface area contributed by atoms with Crippen LogP contribution >= 0.6 is 0 Å². The Hall–Kier alpha value is -1.06. The zero-order chi connectivity index (χ0) is 11.1. The van der Waals surface area contributed by atoms with Gasteiger partial charge >= 0.3 is 0 Å². The third kappa shape index (κ3) is 4.81. The molecule has 86 valence electrons. The van der Waals surface area contributed by atoms with Gasteiger partial charge in [-0.3, -0.25) is 0 Å². The SMILES string of the molecule is COCCCS(=O)(=O)NCc1nn[nH]n1. The summed E-state index contributed by atoms with van der Waals surface area (Å²) in [5, 5.41) is 12.8. The molecule has 0 radical (unpaired) electrons. The second-order valence-corrected chi connectivity index (χ2v) is 4.74. The first-order chi connectivity index (χ1) is 7.14. The monoisotopic (exact) mass is 235 g/mol. The second kappa shape index (κ2) is 5.73. The van der Waals surface area contributed by atoms with E-state index >= 15 is 0 Å². The minimum atomic E-state index is -3.28. The summed E-state index contributed by atoms with van der Waals surface area (Å²) in [6.45, 7) is 0.467. The molecular formula is C6H13N5O3S. The summed E-state index contributed by atoms with van der Waals surface area (Å²) in [6.07, 6.45) is 0.456. The van der Waals surface area contributed by atoms with Crippen molar-refractivity contribution in [1.82, 2.24) is 25.3 Å². The van der Waals surface area contributed by atoms with Crippen molar-refractivity contribution in [2.45, 2.75) is 13.0 Å². The molecule has 2 N–H and O–H groups in total. The van der Waals surface area contributed by atoms with Gasteiger partial charge in [0.25, 0.3) is 0 Å². The highest BCUT2D eigenvalue weighted by Gasteiger charge is 2.10. The van der Waals surface area contributed by atoms with Crippen molar-refractivity contribution in [1.29, 1.82) is 0 Å². The number of hydrogen-bond donors (Lipinski definition) is 2. The molecule has 0 saturated carbocycles. The Labute approximate surface area is 87.5 Å². The predicted octanol–water partition coefficient (Wildman–Crippen LogP) is -1.34. The lowest BCUT2D eigenvalue weighted by atomic mass is 10.5.